The molecule has 0 saturated heterocycles. The minimum atomic E-state index is -0.733. The Bertz CT molecular complexity index is 818. The molecule has 0 spiro atoms. The predicted molar refractivity (Wildman–Crippen MR) is 91.3 cm³/mol. The lowest BCUT2D eigenvalue weighted by Crippen LogP contribution is -2.43. The number of anilines is 1. The van der Waals surface area contributed by atoms with E-state index in [0.717, 1.165) is 6.07 Å². The molecule has 24 heavy (non-hydrogen) atoms. The van der Waals surface area contributed by atoms with Crippen molar-refractivity contribution in [2.24, 2.45) is 0 Å². The number of nitrogens with one attached hydrogen (secondary N) is 3. The molecule has 7 nitrogen and oxygen atoms in total. The molecule has 0 aromatic heterocycles. The van der Waals surface area contributed by atoms with Gasteiger partial charge in [0.05, 0.1) is 9.95 Å². The van der Waals surface area contributed by atoms with Gasteiger partial charge in [0.1, 0.15) is 11.4 Å². The Morgan fingerprint density at radius 3 is 2.58 bits per heavy atom. The number of halogens is 2. The zero-order chi connectivity index (χ0) is 17.7. The second-order valence-corrected chi connectivity index (χ2v) is 5.25. The molecule has 0 saturated carbocycles. The van der Waals surface area contributed by atoms with Crippen LogP contribution in [-0.4, -0.2) is 15.9 Å². The molecular formula is C14H10ClFN4O3S. The van der Waals surface area contributed by atoms with E-state index >= 15 is 0 Å². The molecule has 0 unspecified atom stereocenters. The van der Waals surface area contributed by atoms with E-state index in [4.69, 9.17) is 23.8 Å². The summed E-state index contributed by atoms with van der Waals surface area (Å²) in [6.07, 6.45) is 0. The number of hydrogen-bond donors (Lipinski definition) is 3. The molecule has 1 amide bonds. The number of rotatable bonds is 3. The summed E-state index contributed by atoms with van der Waals surface area (Å²) in [5.74, 6) is -1.31. The Hall–Kier alpha value is -2.78. The molecule has 2 aromatic rings. The smallest absolute Gasteiger partial charge is 0.282 e. The largest absolute Gasteiger partial charge is 0.331 e. The number of hydrazine groups is 1. The van der Waals surface area contributed by atoms with Crippen molar-refractivity contribution in [3.8, 4) is 0 Å². The Morgan fingerprint density at radius 2 is 1.92 bits per heavy atom. The Kier molecular flexibility index (Phi) is 5.61. The summed E-state index contributed by atoms with van der Waals surface area (Å²) in [7, 11) is 0. The average Bonchev–Trinajstić information content (AvgIpc) is 2.56. The fourth-order valence-corrected chi connectivity index (χ4v) is 2.09. The van der Waals surface area contributed by atoms with Gasteiger partial charge in [-0.1, -0.05) is 23.7 Å². The second kappa shape index (κ2) is 7.66. The number of benzene rings is 2. The lowest BCUT2D eigenvalue weighted by Gasteiger charge is -2.12. The Balaban J connectivity index is 1.97. The minimum absolute atomic E-state index is 0.00962. The van der Waals surface area contributed by atoms with Gasteiger partial charge in [0, 0.05) is 11.8 Å². The first-order valence-electron chi connectivity index (χ1n) is 6.44. The number of para-hydroxylation sites is 1. The van der Waals surface area contributed by atoms with Crippen LogP contribution < -0.4 is 16.2 Å². The average molecular weight is 369 g/mol. The van der Waals surface area contributed by atoms with Crippen LogP contribution in [0.5, 0.6) is 0 Å². The lowest BCUT2D eigenvalue weighted by atomic mass is 10.2. The van der Waals surface area contributed by atoms with Crippen LogP contribution in [0.25, 0.3) is 0 Å². The van der Waals surface area contributed by atoms with Gasteiger partial charge in [0.25, 0.3) is 11.6 Å². The highest BCUT2D eigenvalue weighted by atomic mass is 35.5. The Morgan fingerprint density at radius 1 is 1.21 bits per heavy atom. The number of thiocarbonyl (C=S) groups is 1. The molecule has 0 radical (unpaired) electrons. The molecule has 0 heterocycles. The predicted octanol–water partition coefficient (Wildman–Crippen LogP) is 3.02. The first-order valence-corrected chi connectivity index (χ1v) is 7.23. The summed E-state index contributed by atoms with van der Waals surface area (Å²) < 4.78 is 13.1. The zero-order valence-electron chi connectivity index (χ0n) is 11.9. The highest BCUT2D eigenvalue weighted by Gasteiger charge is 2.19. The van der Waals surface area contributed by atoms with E-state index < -0.39 is 16.6 Å². The van der Waals surface area contributed by atoms with Crippen molar-refractivity contribution < 1.29 is 14.1 Å². The molecule has 2 rings (SSSR count). The van der Waals surface area contributed by atoms with Crippen LogP contribution in [0.15, 0.2) is 42.5 Å². The Labute approximate surface area is 145 Å². The highest BCUT2D eigenvalue weighted by Crippen LogP contribution is 2.19. The molecule has 0 aliphatic carbocycles. The maximum Gasteiger partial charge on any atom is 0.282 e. The molecule has 0 fully saturated rings. The maximum absolute atomic E-state index is 13.1. The molecule has 2 aromatic carbocycles. The van der Waals surface area contributed by atoms with Crippen LogP contribution in [0.4, 0.5) is 15.8 Å². The van der Waals surface area contributed by atoms with Crippen molar-refractivity contribution in [2.75, 3.05) is 5.32 Å². The van der Waals surface area contributed by atoms with E-state index in [9.17, 15) is 19.3 Å². The summed E-state index contributed by atoms with van der Waals surface area (Å²) >= 11 is 10.6. The summed E-state index contributed by atoms with van der Waals surface area (Å²) in [6, 6.07) is 9.34. The first-order chi connectivity index (χ1) is 11.4. The van der Waals surface area contributed by atoms with Gasteiger partial charge in [-0.25, -0.2) is 4.39 Å². The maximum atomic E-state index is 13.1. The van der Waals surface area contributed by atoms with Gasteiger partial charge in [0.15, 0.2) is 5.11 Å². The van der Waals surface area contributed by atoms with E-state index in [2.05, 4.69) is 16.2 Å². The quantitative estimate of drug-likeness (QED) is 0.438. The third kappa shape index (κ3) is 4.37. The standard InChI is InChI=1S/C14H10ClFN4O3S/c15-10-7-8(5-6-11(10)16)17-14(24)19-18-13(21)9-3-1-2-4-12(9)20(22)23/h1-7H,(H,18,21)(H2,17,19,24). The van der Waals surface area contributed by atoms with Crippen molar-refractivity contribution in [2.45, 2.75) is 0 Å². The molecule has 0 bridgehead atoms. The topological polar surface area (TPSA) is 96.3 Å². The van der Waals surface area contributed by atoms with Gasteiger partial charge in [-0.15, -0.1) is 0 Å². The number of hydrogen-bond acceptors (Lipinski definition) is 4. The van der Waals surface area contributed by atoms with Gasteiger partial charge in [0.2, 0.25) is 0 Å². The third-order valence-electron chi connectivity index (χ3n) is 2.81. The number of carbonyl (C=O) groups excluding carboxylic acids is 1. The molecule has 10 heteroatoms. The number of nitrogens with zero attached hydrogens (tertiary/aromatic N) is 1. The normalized spacial score (nSPS) is 9.92. The zero-order valence-corrected chi connectivity index (χ0v) is 13.5. The first kappa shape index (κ1) is 17.6. The number of nitro groups is 1. The van der Waals surface area contributed by atoms with Gasteiger partial charge >= 0.3 is 0 Å². The summed E-state index contributed by atoms with van der Waals surface area (Å²) in [6.45, 7) is 0. The molecule has 3 N–H and O–H groups in total. The number of nitro benzene ring substituents is 1. The molecule has 0 aliphatic heterocycles. The summed E-state index contributed by atoms with van der Waals surface area (Å²) in [4.78, 5) is 22.2. The fourth-order valence-electron chi connectivity index (χ4n) is 1.74. The van der Waals surface area contributed by atoms with Crippen LogP contribution in [-0.2, 0) is 0 Å². The molecular weight excluding hydrogens is 359 g/mol. The van der Waals surface area contributed by atoms with Gasteiger partial charge < -0.3 is 5.32 Å². The van der Waals surface area contributed by atoms with Crippen molar-refractivity contribution in [3.63, 3.8) is 0 Å². The second-order valence-electron chi connectivity index (χ2n) is 4.44. The number of carbonyl (C=O) groups is 1. The summed E-state index contributed by atoms with van der Waals surface area (Å²) in [5, 5.41) is 13.5. The molecule has 0 aliphatic rings. The van der Waals surface area contributed by atoms with Crippen LogP contribution in [0.2, 0.25) is 5.02 Å². The van der Waals surface area contributed by atoms with Crippen LogP contribution in [0, 0.1) is 15.9 Å². The van der Waals surface area contributed by atoms with E-state index in [1.165, 1.54) is 36.4 Å². The van der Waals surface area contributed by atoms with Crippen LogP contribution >= 0.6 is 23.8 Å². The summed E-state index contributed by atoms with van der Waals surface area (Å²) in [5.41, 5.74) is 4.57. The minimum Gasteiger partial charge on any atom is -0.331 e. The van der Waals surface area contributed by atoms with Crippen molar-refractivity contribution in [3.05, 3.63) is 69.0 Å². The monoisotopic (exact) mass is 368 g/mol. The SMILES string of the molecule is O=C(NNC(=S)Nc1ccc(F)c(Cl)c1)c1ccccc1[N+](=O)[O-]. The third-order valence-corrected chi connectivity index (χ3v) is 3.31. The van der Waals surface area contributed by atoms with Crippen LogP contribution in [0.3, 0.4) is 0 Å². The van der Waals surface area contributed by atoms with Crippen LogP contribution in [0.1, 0.15) is 10.4 Å². The van der Waals surface area contributed by atoms with Gasteiger partial charge in [-0.2, -0.15) is 0 Å². The van der Waals surface area contributed by atoms with Gasteiger partial charge in [-0.3, -0.25) is 25.8 Å². The molecule has 124 valence electrons. The fraction of sp³-hybridized carbons (Fsp3) is 0. The molecule has 0 atom stereocenters. The van der Waals surface area contributed by atoms with Crippen molar-refractivity contribution in [1.29, 1.82) is 0 Å². The number of amides is 1. The van der Waals surface area contributed by atoms with Crippen molar-refractivity contribution in [1.82, 2.24) is 10.9 Å². The van der Waals surface area contributed by atoms with Crippen molar-refractivity contribution >= 4 is 46.2 Å². The van der Waals surface area contributed by atoms with E-state index in [-0.39, 0.29) is 21.4 Å². The highest BCUT2D eigenvalue weighted by molar-refractivity contribution is 7.80. The lowest BCUT2D eigenvalue weighted by molar-refractivity contribution is -0.385. The van der Waals surface area contributed by atoms with E-state index in [1.807, 2.05) is 0 Å². The van der Waals surface area contributed by atoms with Gasteiger partial charge in [-0.05, 0) is 36.5 Å². The van der Waals surface area contributed by atoms with E-state index in [1.54, 1.807) is 0 Å². The van der Waals surface area contributed by atoms with E-state index in [0.29, 0.717) is 5.69 Å².